The molecule has 0 bridgehead atoms. The van der Waals surface area contributed by atoms with Crippen LogP contribution in [-0.2, 0) is 13.6 Å². The Morgan fingerprint density at radius 3 is 1.46 bits per heavy atom. The lowest BCUT2D eigenvalue weighted by molar-refractivity contribution is -0.124. The first-order valence-electron chi connectivity index (χ1n) is 14.1. The topological polar surface area (TPSA) is 55.8 Å². The Labute approximate surface area is 220 Å². The second kappa shape index (κ2) is 14.0. The van der Waals surface area contributed by atoms with Crippen molar-refractivity contribution in [3.05, 3.63) is 11.6 Å². The van der Waals surface area contributed by atoms with Gasteiger partial charge in [0.2, 0.25) is 8.32 Å². The molecule has 0 aromatic carbocycles. The molecule has 208 valence electrons. The maximum absolute atomic E-state index is 12.5. The van der Waals surface area contributed by atoms with Gasteiger partial charge >= 0.3 is 0 Å². The molecule has 0 aromatic rings. The standard InChI is InChI=1S/C29H60O4Si2/c1-16-17-26(14)29(15,19-30)28(31)27(33-35(23(8)9,24(10)11)25(12)13)18-32-34(20(2)3,21(4)5)22(6)7/h17,19-25,27-28,31H,16,18H2,1-15H3/b26-17+/t27-,28+,29+/m1/s1. The Hall–Kier alpha value is -0.276. The Kier molecular flexibility index (Phi) is 13.9. The van der Waals surface area contributed by atoms with E-state index in [0.717, 1.165) is 18.3 Å². The molecule has 0 aromatic heterocycles. The van der Waals surface area contributed by atoms with Crippen molar-refractivity contribution in [2.75, 3.05) is 6.61 Å². The maximum Gasteiger partial charge on any atom is 0.201 e. The average molecular weight is 529 g/mol. The monoisotopic (exact) mass is 528 g/mol. The third kappa shape index (κ3) is 7.19. The molecule has 0 spiro atoms. The van der Waals surface area contributed by atoms with E-state index >= 15 is 0 Å². The fourth-order valence-electron chi connectivity index (χ4n) is 6.89. The summed E-state index contributed by atoms with van der Waals surface area (Å²) < 4.78 is 14.2. The molecule has 4 nitrogen and oxygen atoms in total. The minimum Gasteiger partial charge on any atom is -0.413 e. The lowest BCUT2D eigenvalue weighted by Crippen LogP contribution is -2.58. The molecule has 3 atom stereocenters. The second-order valence-corrected chi connectivity index (χ2v) is 23.6. The van der Waals surface area contributed by atoms with Crippen LogP contribution in [0.15, 0.2) is 11.6 Å². The molecule has 0 heterocycles. The van der Waals surface area contributed by atoms with E-state index in [1.54, 1.807) is 0 Å². The van der Waals surface area contributed by atoms with Crippen LogP contribution < -0.4 is 0 Å². The van der Waals surface area contributed by atoms with Crippen molar-refractivity contribution in [2.45, 2.75) is 156 Å². The largest absolute Gasteiger partial charge is 0.413 e. The summed E-state index contributed by atoms with van der Waals surface area (Å²) in [6, 6.07) is 0. The highest BCUT2D eigenvalue weighted by atomic mass is 28.4. The molecule has 0 radical (unpaired) electrons. The SMILES string of the molecule is CC/C=C(\C)[C@](C)(C=O)[C@@H](O)[C@@H](CO[Si](C(C)C)(C(C)C)C(C)C)O[Si](C(C)C)(C(C)C)C(C)C. The summed E-state index contributed by atoms with van der Waals surface area (Å²) in [4.78, 5) is 12.5. The van der Waals surface area contributed by atoms with Gasteiger partial charge in [-0.2, -0.15) is 0 Å². The molecule has 0 aliphatic heterocycles. The Morgan fingerprint density at radius 2 is 1.17 bits per heavy atom. The van der Waals surface area contributed by atoms with Crippen LogP contribution >= 0.6 is 0 Å². The van der Waals surface area contributed by atoms with Crippen molar-refractivity contribution in [1.82, 2.24) is 0 Å². The summed E-state index contributed by atoms with van der Waals surface area (Å²) in [6.45, 7) is 33.4. The van der Waals surface area contributed by atoms with Crippen molar-refractivity contribution in [3.8, 4) is 0 Å². The molecule has 6 heteroatoms. The van der Waals surface area contributed by atoms with E-state index in [-0.39, 0.29) is 0 Å². The van der Waals surface area contributed by atoms with Crippen LogP contribution in [-0.4, -0.2) is 46.8 Å². The molecule has 0 saturated heterocycles. The van der Waals surface area contributed by atoms with Crippen LogP contribution in [0, 0.1) is 5.41 Å². The number of rotatable bonds is 16. The van der Waals surface area contributed by atoms with Crippen LogP contribution in [0.5, 0.6) is 0 Å². The number of allylic oxidation sites excluding steroid dienone is 1. The number of aliphatic hydroxyl groups excluding tert-OH is 1. The van der Waals surface area contributed by atoms with Crippen molar-refractivity contribution < 1.29 is 18.8 Å². The number of aliphatic hydroxyl groups is 1. The summed E-state index contributed by atoms with van der Waals surface area (Å²) >= 11 is 0. The third-order valence-electron chi connectivity index (χ3n) is 8.84. The molecule has 0 rings (SSSR count). The summed E-state index contributed by atoms with van der Waals surface area (Å²) in [7, 11) is -4.52. The van der Waals surface area contributed by atoms with Gasteiger partial charge in [-0.1, -0.05) is 102 Å². The third-order valence-corrected chi connectivity index (χ3v) is 21.0. The van der Waals surface area contributed by atoms with Gasteiger partial charge in [-0.15, -0.1) is 0 Å². The molecule has 0 aliphatic rings. The van der Waals surface area contributed by atoms with Gasteiger partial charge in [0.1, 0.15) is 6.29 Å². The van der Waals surface area contributed by atoms with Gasteiger partial charge in [-0.25, -0.2) is 0 Å². The van der Waals surface area contributed by atoms with Crippen LogP contribution in [0.25, 0.3) is 0 Å². The summed E-state index contributed by atoms with van der Waals surface area (Å²) in [5.41, 5.74) is 2.28. The minimum absolute atomic E-state index is 0.325. The first-order chi connectivity index (χ1) is 15.9. The van der Waals surface area contributed by atoms with E-state index in [1.807, 2.05) is 19.9 Å². The van der Waals surface area contributed by atoms with Crippen LogP contribution in [0.1, 0.15) is 110 Å². The van der Waals surface area contributed by atoms with Crippen LogP contribution in [0.3, 0.4) is 0 Å². The zero-order valence-electron chi connectivity index (χ0n) is 25.9. The van der Waals surface area contributed by atoms with E-state index < -0.39 is 34.3 Å². The molecule has 0 fully saturated rings. The van der Waals surface area contributed by atoms with E-state index in [2.05, 4.69) is 90.0 Å². The summed E-state index contributed by atoms with van der Waals surface area (Å²) in [5.74, 6) is 0. The number of carbonyl (C=O) groups excluding carboxylic acids is 1. The Morgan fingerprint density at radius 1 is 0.800 bits per heavy atom. The predicted molar refractivity (Wildman–Crippen MR) is 157 cm³/mol. The average Bonchev–Trinajstić information content (AvgIpc) is 2.73. The fraction of sp³-hybridized carbons (Fsp3) is 0.897. The van der Waals surface area contributed by atoms with Crippen molar-refractivity contribution in [1.29, 1.82) is 0 Å². The van der Waals surface area contributed by atoms with Gasteiger partial charge in [-0.3, -0.25) is 0 Å². The molecule has 35 heavy (non-hydrogen) atoms. The van der Waals surface area contributed by atoms with E-state index in [0.29, 0.717) is 39.9 Å². The van der Waals surface area contributed by atoms with Gasteiger partial charge in [-0.05, 0) is 53.5 Å². The number of carbonyl (C=O) groups is 1. The van der Waals surface area contributed by atoms with Gasteiger partial charge in [0.15, 0.2) is 8.32 Å². The molecule has 0 unspecified atom stereocenters. The molecule has 1 N–H and O–H groups in total. The number of hydrogen-bond acceptors (Lipinski definition) is 4. The highest BCUT2D eigenvalue weighted by Gasteiger charge is 2.52. The van der Waals surface area contributed by atoms with Gasteiger partial charge in [0.25, 0.3) is 0 Å². The number of hydrogen-bond donors (Lipinski definition) is 1. The quantitative estimate of drug-likeness (QED) is 0.124. The normalized spacial score (nSPS) is 17.7. The lowest BCUT2D eigenvalue weighted by Gasteiger charge is -2.49. The molecule has 0 aliphatic carbocycles. The molecule has 0 saturated carbocycles. The Balaban J connectivity index is 6.79. The fourth-order valence-corrected chi connectivity index (χ4v) is 17.9. The van der Waals surface area contributed by atoms with Crippen LogP contribution in [0.4, 0.5) is 0 Å². The first kappa shape index (κ1) is 34.7. The lowest BCUT2D eigenvalue weighted by atomic mass is 9.76. The summed E-state index contributed by atoms with van der Waals surface area (Å²) in [6.07, 6.45) is 2.23. The van der Waals surface area contributed by atoms with Crippen molar-refractivity contribution in [2.24, 2.45) is 5.41 Å². The maximum atomic E-state index is 12.5. The first-order valence-corrected chi connectivity index (χ1v) is 18.3. The highest BCUT2D eigenvalue weighted by molar-refractivity contribution is 6.78. The van der Waals surface area contributed by atoms with E-state index in [1.165, 1.54) is 0 Å². The minimum atomic E-state index is -2.34. The van der Waals surface area contributed by atoms with Crippen LogP contribution in [0.2, 0.25) is 33.2 Å². The van der Waals surface area contributed by atoms with Crippen molar-refractivity contribution in [3.63, 3.8) is 0 Å². The zero-order valence-corrected chi connectivity index (χ0v) is 27.9. The van der Waals surface area contributed by atoms with E-state index in [9.17, 15) is 9.90 Å². The highest BCUT2D eigenvalue weighted by Crippen LogP contribution is 2.46. The van der Waals surface area contributed by atoms with Crippen molar-refractivity contribution >= 4 is 22.9 Å². The molecular formula is C29H60O4Si2. The molecule has 0 amide bonds. The Bertz CT molecular complexity index is 626. The summed E-state index contributed by atoms with van der Waals surface area (Å²) in [5, 5.41) is 11.9. The molecular weight excluding hydrogens is 468 g/mol. The van der Waals surface area contributed by atoms with E-state index in [4.69, 9.17) is 8.85 Å². The van der Waals surface area contributed by atoms with Gasteiger partial charge < -0.3 is 18.8 Å². The second-order valence-electron chi connectivity index (χ2n) is 12.7. The van der Waals surface area contributed by atoms with Gasteiger partial charge in [0, 0.05) is 0 Å². The number of aldehydes is 1. The predicted octanol–water partition coefficient (Wildman–Crippen LogP) is 8.66. The van der Waals surface area contributed by atoms with Gasteiger partial charge in [0.05, 0.1) is 24.2 Å². The smallest absolute Gasteiger partial charge is 0.201 e. The zero-order chi connectivity index (χ0) is 27.9.